The predicted molar refractivity (Wildman–Crippen MR) is 102 cm³/mol. The maximum atomic E-state index is 13.3. The second-order valence-corrected chi connectivity index (χ2v) is 8.47. The molecule has 0 bridgehead atoms. The van der Waals surface area contributed by atoms with E-state index in [0.29, 0.717) is 30.0 Å². The summed E-state index contributed by atoms with van der Waals surface area (Å²) >= 11 is 0. The SMILES string of the molecule is C[C@@H]1CC12C(=O)N(C)C1CN=C(n3cc(C(O)O)cn3)N=C1N2C1CCCC1. The van der Waals surface area contributed by atoms with E-state index in [1.807, 2.05) is 11.9 Å². The molecule has 2 aliphatic heterocycles. The summed E-state index contributed by atoms with van der Waals surface area (Å²) in [5, 5.41) is 22.9. The van der Waals surface area contributed by atoms with Gasteiger partial charge >= 0.3 is 0 Å². The Labute approximate surface area is 163 Å². The highest BCUT2D eigenvalue weighted by Gasteiger charge is 2.68. The van der Waals surface area contributed by atoms with Gasteiger partial charge in [-0.15, -0.1) is 0 Å². The second-order valence-electron chi connectivity index (χ2n) is 8.47. The van der Waals surface area contributed by atoms with Gasteiger partial charge in [0, 0.05) is 24.8 Å². The molecule has 2 N–H and O–H groups in total. The van der Waals surface area contributed by atoms with E-state index < -0.39 is 11.8 Å². The molecule has 2 unspecified atom stereocenters. The van der Waals surface area contributed by atoms with Crippen molar-refractivity contribution < 1.29 is 15.0 Å². The number of carbonyl (C=O) groups is 1. The van der Waals surface area contributed by atoms with E-state index in [1.165, 1.54) is 29.9 Å². The van der Waals surface area contributed by atoms with Crippen LogP contribution in [0.15, 0.2) is 22.4 Å². The van der Waals surface area contributed by atoms with Crippen molar-refractivity contribution in [2.24, 2.45) is 15.9 Å². The average Bonchev–Trinajstić information content (AvgIpc) is 3.11. The number of aliphatic hydroxyl groups excluding tert-OH is 1. The summed E-state index contributed by atoms with van der Waals surface area (Å²) in [6, 6.07) is 0.185. The monoisotopic (exact) mass is 386 g/mol. The molecule has 0 aromatic carbocycles. The van der Waals surface area contributed by atoms with Crippen molar-refractivity contribution >= 4 is 17.7 Å². The zero-order chi connectivity index (χ0) is 19.6. The van der Waals surface area contributed by atoms with Crippen LogP contribution in [0, 0.1) is 5.92 Å². The van der Waals surface area contributed by atoms with E-state index in [-0.39, 0.29) is 11.9 Å². The minimum atomic E-state index is -1.58. The molecule has 1 spiro atoms. The van der Waals surface area contributed by atoms with Crippen molar-refractivity contribution in [1.82, 2.24) is 19.6 Å². The van der Waals surface area contributed by atoms with E-state index in [0.717, 1.165) is 25.1 Å². The number of fused-ring (bicyclic) bond motifs is 1. The molecule has 1 amide bonds. The van der Waals surface area contributed by atoms with Crippen LogP contribution in [-0.2, 0) is 4.79 Å². The summed E-state index contributed by atoms with van der Waals surface area (Å²) in [5.41, 5.74) is -0.168. The Morgan fingerprint density at radius 2 is 2.00 bits per heavy atom. The maximum Gasteiger partial charge on any atom is 0.249 e. The molecular formula is C19H26N6O3. The van der Waals surface area contributed by atoms with Gasteiger partial charge in [0.25, 0.3) is 0 Å². The number of hydrogen-bond acceptors (Lipinski definition) is 7. The summed E-state index contributed by atoms with van der Waals surface area (Å²) < 4.78 is 1.48. The molecule has 1 saturated heterocycles. The summed E-state index contributed by atoms with van der Waals surface area (Å²) in [6.07, 6.45) is 6.77. The van der Waals surface area contributed by atoms with Crippen LogP contribution < -0.4 is 0 Å². The molecule has 2 aliphatic carbocycles. The van der Waals surface area contributed by atoms with Crippen LogP contribution in [0.2, 0.25) is 0 Å². The molecule has 1 aromatic rings. The first kappa shape index (κ1) is 17.8. The van der Waals surface area contributed by atoms with Gasteiger partial charge in [0.1, 0.15) is 17.4 Å². The summed E-state index contributed by atoms with van der Waals surface area (Å²) in [6.45, 7) is 2.58. The van der Waals surface area contributed by atoms with Gasteiger partial charge in [0.2, 0.25) is 11.9 Å². The average molecular weight is 386 g/mol. The first-order valence-electron chi connectivity index (χ1n) is 10.0. The summed E-state index contributed by atoms with van der Waals surface area (Å²) in [7, 11) is 1.86. The molecule has 1 aromatic heterocycles. The molecule has 150 valence electrons. The maximum absolute atomic E-state index is 13.3. The van der Waals surface area contributed by atoms with Gasteiger partial charge in [0.05, 0.1) is 12.7 Å². The first-order chi connectivity index (χ1) is 13.4. The van der Waals surface area contributed by atoms with Crippen molar-refractivity contribution in [3.63, 3.8) is 0 Å². The number of amides is 1. The van der Waals surface area contributed by atoms with E-state index in [9.17, 15) is 15.0 Å². The van der Waals surface area contributed by atoms with Crippen LogP contribution in [0.3, 0.4) is 0 Å². The van der Waals surface area contributed by atoms with Gasteiger partial charge in [-0.2, -0.15) is 10.1 Å². The number of aromatic nitrogens is 2. The third kappa shape index (κ3) is 2.39. The Morgan fingerprint density at radius 1 is 1.29 bits per heavy atom. The minimum absolute atomic E-state index is 0.159. The van der Waals surface area contributed by atoms with Crippen molar-refractivity contribution in [2.45, 2.75) is 62.9 Å². The lowest BCUT2D eigenvalue weighted by Crippen LogP contribution is -2.69. The third-order valence-corrected chi connectivity index (χ3v) is 6.82. The number of piperazine rings is 1. The fourth-order valence-electron chi connectivity index (χ4n) is 5.15. The zero-order valence-corrected chi connectivity index (χ0v) is 16.2. The number of likely N-dealkylation sites (N-methyl/N-ethyl adjacent to an activating group) is 1. The highest BCUT2D eigenvalue weighted by molar-refractivity contribution is 6.09. The molecule has 3 atom stereocenters. The number of rotatable bonds is 2. The van der Waals surface area contributed by atoms with Crippen molar-refractivity contribution in [2.75, 3.05) is 13.6 Å². The number of aliphatic hydroxyl groups is 2. The normalized spacial score (nSPS) is 32.8. The lowest BCUT2D eigenvalue weighted by atomic mass is 9.96. The van der Waals surface area contributed by atoms with Crippen molar-refractivity contribution in [3.05, 3.63) is 18.0 Å². The predicted octanol–water partition coefficient (Wildman–Crippen LogP) is 0.346. The molecule has 0 radical (unpaired) electrons. The van der Waals surface area contributed by atoms with Crippen LogP contribution in [-0.4, -0.2) is 78.7 Å². The number of aliphatic imine (C=N–C) groups is 2. The molecule has 3 heterocycles. The molecule has 28 heavy (non-hydrogen) atoms. The standard InChI is InChI=1S/C19H26N6O3/c1-11-7-19(11)17(28)23(2)14-9-20-18(24-10-12(8-21-24)16(26)27)22-15(14)25(19)13-5-3-4-6-13/h8,10-11,13-14,16,26-27H,3-7,9H2,1-2H3/t11-,14?,19?/m1/s1. The lowest BCUT2D eigenvalue weighted by molar-refractivity contribution is -0.141. The smallest absolute Gasteiger partial charge is 0.249 e. The van der Waals surface area contributed by atoms with E-state index in [4.69, 9.17) is 4.99 Å². The third-order valence-electron chi connectivity index (χ3n) is 6.82. The Kier molecular flexibility index (Phi) is 3.89. The molecular weight excluding hydrogens is 360 g/mol. The first-order valence-corrected chi connectivity index (χ1v) is 10.0. The largest absolute Gasteiger partial charge is 0.364 e. The van der Waals surface area contributed by atoms with Crippen LogP contribution in [0.4, 0.5) is 0 Å². The van der Waals surface area contributed by atoms with Crippen molar-refractivity contribution in [3.8, 4) is 0 Å². The zero-order valence-electron chi connectivity index (χ0n) is 16.2. The number of nitrogens with zero attached hydrogens (tertiary/aromatic N) is 6. The van der Waals surface area contributed by atoms with E-state index in [1.54, 1.807) is 0 Å². The Morgan fingerprint density at radius 3 is 2.61 bits per heavy atom. The van der Waals surface area contributed by atoms with Crippen LogP contribution in [0.1, 0.15) is 50.9 Å². The lowest BCUT2D eigenvalue weighted by Gasteiger charge is -2.50. The van der Waals surface area contributed by atoms with Crippen LogP contribution in [0.25, 0.3) is 0 Å². The van der Waals surface area contributed by atoms with Gasteiger partial charge in [-0.25, -0.2) is 9.67 Å². The highest BCUT2D eigenvalue weighted by atomic mass is 16.5. The van der Waals surface area contributed by atoms with Gasteiger partial charge in [0.15, 0.2) is 6.29 Å². The Balaban J connectivity index is 1.56. The molecule has 9 heteroatoms. The van der Waals surface area contributed by atoms with Crippen molar-refractivity contribution in [1.29, 1.82) is 0 Å². The second kappa shape index (κ2) is 6.12. The van der Waals surface area contributed by atoms with Gasteiger partial charge in [-0.05, 0) is 25.2 Å². The molecule has 3 fully saturated rings. The fraction of sp³-hybridized carbons (Fsp3) is 0.684. The summed E-state index contributed by atoms with van der Waals surface area (Å²) in [4.78, 5) is 26.8. The van der Waals surface area contributed by atoms with Gasteiger partial charge < -0.3 is 20.0 Å². The number of carbonyl (C=O) groups excluding carboxylic acids is 1. The van der Waals surface area contributed by atoms with Gasteiger partial charge in [-0.1, -0.05) is 19.8 Å². The molecule has 2 saturated carbocycles. The number of amidine groups is 1. The van der Waals surface area contributed by atoms with Crippen LogP contribution in [0.5, 0.6) is 0 Å². The molecule has 5 rings (SSSR count). The topological polar surface area (TPSA) is 107 Å². The Bertz CT molecular complexity index is 871. The van der Waals surface area contributed by atoms with E-state index in [2.05, 4.69) is 21.9 Å². The number of hydrogen-bond donors (Lipinski definition) is 2. The summed E-state index contributed by atoms with van der Waals surface area (Å²) in [5.74, 6) is 1.84. The molecule has 9 nitrogen and oxygen atoms in total. The highest BCUT2D eigenvalue weighted by Crippen LogP contribution is 2.54. The fourth-order valence-corrected chi connectivity index (χ4v) is 5.15. The van der Waals surface area contributed by atoms with Gasteiger partial charge in [-0.3, -0.25) is 4.79 Å². The van der Waals surface area contributed by atoms with E-state index >= 15 is 0 Å². The minimum Gasteiger partial charge on any atom is -0.364 e. The van der Waals surface area contributed by atoms with Crippen LogP contribution >= 0.6 is 0 Å². The Hall–Kier alpha value is -2.26. The molecule has 4 aliphatic rings. The quantitative estimate of drug-likeness (QED) is 0.713.